The van der Waals surface area contributed by atoms with Crippen molar-refractivity contribution in [2.75, 3.05) is 19.8 Å². The maximum atomic E-state index is 12.6. The molecular formula is C27H41NO5. The zero-order valence-corrected chi connectivity index (χ0v) is 20.9. The maximum absolute atomic E-state index is 12.6. The molecule has 0 bridgehead atoms. The minimum Gasteiger partial charge on any atom is -0.466 e. The summed E-state index contributed by atoms with van der Waals surface area (Å²) in [4.78, 5) is 25.1. The van der Waals surface area contributed by atoms with Gasteiger partial charge in [-0.3, -0.25) is 4.79 Å². The fourth-order valence-corrected chi connectivity index (χ4v) is 3.23. The minimum atomic E-state index is -0.620. The van der Waals surface area contributed by atoms with E-state index in [1.54, 1.807) is 13.0 Å². The summed E-state index contributed by atoms with van der Waals surface area (Å²) in [5.41, 5.74) is 2.23. The van der Waals surface area contributed by atoms with E-state index in [0.717, 1.165) is 29.5 Å². The summed E-state index contributed by atoms with van der Waals surface area (Å²) in [6.45, 7) is 18.2. The van der Waals surface area contributed by atoms with Crippen LogP contribution in [0.5, 0.6) is 0 Å². The standard InChI is InChI=1S/C27H41NO5/c1-8-11-16-31-19-23(25(29)32-10-3)18-24(28-26(30)33-27(5,6)7)17-21-12-14-22(15-13-21)20(4)9-2/h9,12-15,23-24H,2,4,8,10-11,16-19H2,1,3,5-7H3,(H,28,30). The monoisotopic (exact) mass is 459 g/mol. The number of benzene rings is 1. The highest BCUT2D eigenvalue weighted by atomic mass is 16.6. The van der Waals surface area contributed by atoms with Gasteiger partial charge in [-0.25, -0.2) is 4.79 Å². The molecule has 0 aliphatic heterocycles. The van der Waals surface area contributed by atoms with Gasteiger partial charge in [-0.1, -0.05) is 56.8 Å². The first-order valence-corrected chi connectivity index (χ1v) is 11.7. The van der Waals surface area contributed by atoms with Crippen LogP contribution >= 0.6 is 0 Å². The van der Waals surface area contributed by atoms with Crippen molar-refractivity contribution in [1.29, 1.82) is 0 Å². The highest BCUT2D eigenvalue weighted by Gasteiger charge is 2.27. The van der Waals surface area contributed by atoms with Crippen LogP contribution in [0.25, 0.3) is 5.57 Å². The van der Waals surface area contributed by atoms with Crippen LogP contribution < -0.4 is 5.32 Å². The molecule has 0 radical (unpaired) electrons. The van der Waals surface area contributed by atoms with Gasteiger partial charge in [0.05, 0.1) is 19.1 Å². The largest absolute Gasteiger partial charge is 0.466 e. The van der Waals surface area contributed by atoms with Gasteiger partial charge >= 0.3 is 12.1 Å². The molecule has 0 aliphatic carbocycles. The van der Waals surface area contributed by atoms with Crippen LogP contribution in [0.15, 0.2) is 43.5 Å². The summed E-state index contributed by atoms with van der Waals surface area (Å²) in [5.74, 6) is -0.802. The molecular weight excluding hydrogens is 418 g/mol. The zero-order chi connectivity index (χ0) is 24.9. The summed E-state index contributed by atoms with van der Waals surface area (Å²) in [6.07, 6.45) is 4.05. The third-order valence-corrected chi connectivity index (χ3v) is 4.92. The van der Waals surface area contributed by atoms with Gasteiger partial charge in [0, 0.05) is 12.6 Å². The smallest absolute Gasteiger partial charge is 0.407 e. The Kier molecular flexibility index (Phi) is 12.5. The van der Waals surface area contributed by atoms with E-state index in [1.807, 2.05) is 45.0 Å². The summed E-state index contributed by atoms with van der Waals surface area (Å²) in [5, 5.41) is 2.94. The van der Waals surface area contributed by atoms with Gasteiger partial charge in [0.1, 0.15) is 5.60 Å². The van der Waals surface area contributed by atoms with Crippen LogP contribution in [0.2, 0.25) is 0 Å². The normalized spacial score (nSPS) is 13.0. The molecule has 1 aromatic carbocycles. The molecule has 184 valence electrons. The Morgan fingerprint density at radius 2 is 1.82 bits per heavy atom. The molecule has 1 N–H and O–H groups in total. The lowest BCUT2D eigenvalue weighted by Crippen LogP contribution is -2.42. The van der Waals surface area contributed by atoms with E-state index < -0.39 is 17.6 Å². The molecule has 0 aromatic heterocycles. The molecule has 2 atom stereocenters. The summed E-state index contributed by atoms with van der Waals surface area (Å²) in [7, 11) is 0. The third kappa shape index (κ3) is 11.7. The van der Waals surface area contributed by atoms with E-state index in [1.165, 1.54) is 0 Å². The first kappa shape index (κ1) is 28.4. The average molecular weight is 460 g/mol. The lowest BCUT2D eigenvalue weighted by Gasteiger charge is -2.26. The van der Waals surface area contributed by atoms with Crippen LogP contribution in [0.3, 0.4) is 0 Å². The molecule has 0 saturated carbocycles. The van der Waals surface area contributed by atoms with Crippen LogP contribution in [0.4, 0.5) is 4.79 Å². The molecule has 6 nitrogen and oxygen atoms in total. The van der Waals surface area contributed by atoms with Crippen molar-refractivity contribution in [1.82, 2.24) is 5.32 Å². The Bertz CT molecular complexity index is 764. The first-order valence-electron chi connectivity index (χ1n) is 11.7. The Balaban J connectivity index is 3.01. The second-order valence-electron chi connectivity index (χ2n) is 9.09. The molecule has 1 amide bonds. The number of esters is 1. The van der Waals surface area contributed by atoms with E-state index in [2.05, 4.69) is 25.4 Å². The number of alkyl carbamates (subject to hydrolysis) is 1. The van der Waals surface area contributed by atoms with E-state index in [-0.39, 0.29) is 18.6 Å². The SMILES string of the molecule is C=CC(=C)c1ccc(CC(CC(COCCCC)C(=O)OCC)NC(=O)OC(C)(C)C)cc1. The number of hydrogen-bond acceptors (Lipinski definition) is 5. The first-order chi connectivity index (χ1) is 15.6. The number of nitrogens with one attached hydrogen (secondary N) is 1. The van der Waals surface area contributed by atoms with Gasteiger partial charge in [0.15, 0.2) is 0 Å². The van der Waals surface area contributed by atoms with Gasteiger partial charge < -0.3 is 19.5 Å². The fraction of sp³-hybridized carbons (Fsp3) is 0.556. The number of hydrogen-bond donors (Lipinski definition) is 1. The maximum Gasteiger partial charge on any atom is 0.407 e. The van der Waals surface area contributed by atoms with Gasteiger partial charge in [-0.15, -0.1) is 0 Å². The molecule has 0 aliphatic rings. The van der Waals surface area contributed by atoms with Crippen LogP contribution in [0.1, 0.15) is 65.0 Å². The Hall–Kier alpha value is -2.60. The minimum absolute atomic E-state index is 0.253. The molecule has 6 heteroatoms. The molecule has 0 fully saturated rings. The topological polar surface area (TPSA) is 73.9 Å². The van der Waals surface area contributed by atoms with Crippen molar-refractivity contribution in [3.05, 3.63) is 54.6 Å². The number of carbonyl (C=O) groups is 2. The fourth-order valence-electron chi connectivity index (χ4n) is 3.23. The molecule has 0 spiro atoms. The number of rotatable bonds is 14. The van der Waals surface area contributed by atoms with Crippen molar-refractivity contribution >= 4 is 17.6 Å². The Labute approximate surface area is 199 Å². The molecule has 0 saturated heterocycles. The highest BCUT2D eigenvalue weighted by Crippen LogP contribution is 2.19. The zero-order valence-electron chi connectivity index (χ0n) is 20.9. The van der Waals surface area contributed by atoms with E-state index >= 15 is 0 Å². The van der Waals surface area contributed by atoms with Crippen molar-refractivity contribution in [2.24, 2.45) is 5.92 Å². The average Bonchev–Trinajstić information content (AvgIpc) is 2.74. The number of carbonyl (C=O) groups excluding carboxylic acids is 2. The Morgan fingerprint density at radius 1 is 1.15 bits per heavy atom. The summed E-state index contributed by atoms with van der Waals surface area (Å²) < 4.78 is 16.5. The number of unbranched alkanes of at least 4 members (excludes halogenated alkanes) is 1. The molecule has 0 heterocycles. The Morgan fingerprint density at radius 3 is 2.36 bits per heavy atom. The van der Waals surface area contributed by atoms with Gasteiger partial charge in [0.2, 0.25) is 0 Å². The molecule has 1 rings (SSSR count). The lowest BCUT2D eigenvalue weighted by molar-refractivity contribution is -0.150. The van der Waals surface area contributed by atoms with E-state index in [0.29, 0.717) is 26.1 Å². The van der Waals surface area contributed by atoms with Crippen molar-refractivity contribution in [3.8, 4) is 0 Å². The third-order valence-electron chi connectivity index (χ3n) is 4.92. The van der Waals surface area contributed by atoms with Gasteiger partial charge in [-0.2, -0.15) is 0 Å². The van der Waals surface area contributed by atoms with Crippen LogP contribution in [0, 0.1) is 5.92 Å². The van der Waals surface area contributed by atoms with Crippen molar-refractivity contribution in [3.63, 3.8) is 0 Å². The van der Waals surface area contributed by atoms with Gasteiger partial charge in [0.25, 0.3) is 0 Å². The number of allylic oxidation sites excluding steroid dienone is 2. The quantitative estimate of drug-likeness (QED) is 0.219. The highest BCUT2D eigenvalue weighted by molar-refractivity contribution is 5.73. The van der Waals surface area contributed by atoms with E-state index in [9.17, 15) is 9.59 Å². The van der Waals surface area contributed by atoms with Crippen LogP contribution in [-0.2, 0) is 25.4 Å². The second-order valence-corrected chi connectivity index (χ2v) is 9.09. The summed E-state index contributed by atoms with van der Waals surface area (Å²) in [6, 6.07) is 7.59. The summed E-state index contributed by atoms with van der Waals surface area (Å²) >= 11 is 0. The predicted molar refractivity (Wildman–Crippen MR) is 133 cm³/mol. The molecule has 2 unspecified atom stereocenters. The predicted octanol–water partition coefficient (Wildman–Crippen LogP) is 5.71. The van der Waals surface area contributed by atoms with Crippen molar-refractivity contribution < 1.29 is 23.8 Å². The van der Waals surface area contributed by atoms with Crippen LogP contribution in [-0.4, -0.2) is 43.5 Å². The van der Waals surface area contributed by atoms with E-state index in [4.69, 9.17) is 14.2 Å². The number of ether oxygens (including phenoxy) is 3. The molecule has 33 heavy (non-hydrogen) atoms. The second kappa shape index (κ2) is 14.5. The van der Waals surface area contributed by atoms with Crippen molar-refractivity contribution in [2.45, 2.75) is 71.9 Å². The van der Waals surface area contributed by atoms with Gasteiger partial charge in [-0.05, 0) is 63.7 Å². The molecule has 1 aromatic rings. The number of amides is 1. The lowest BCUT2D eigenvalue weighted by atomic mass is 9.94.